The van der Waals surface area contributed by atoms with E-state index in [9.17, 15) is 9.59 Å². The monoisotopic (exact) mass is 317 g/mol. The number of rotatable bonds is 7. The van der Waals surface area contributed by atoms with Gasteiger partial charge in [0.25, 0.3) is 0 Å². The van der Waals surface area contributed by atoms with Gasteiger partial charge in [0.05, 0.1) is 11.6 Å². The summed E-state index contributed by atoms with van der Waals surface area (Å²) in [6.07, 6.45) is 1.24. The number of carboxylic acid groups (broad SMARTS) is 1. The molecule has 22 heavy (non-hydrogen) atoms. The summed E-state index contributed by atoms with van der Waals surface area (Å²) in [4.78, 5) is 27.1. The molecule has 1 atom stereocenters. The van der Waals surface area contributed by atoms with E-state index in [0.717, 1.165) is 17.0 Å². The van der Waals surface area contributed by atoms with Crippen LogP contribution in [0.3, 0.4) is 0 Å². The van der Waals surface area contributed by atoms with Crippen molar-refractivity contribution in [1.82, 2.24) is 4.98 Å². The number of Topliss-reactive ketones (excluding diaryl/α,β-unsaturated/α-hetero) is 1. The lowest BCUT2D eigenvalue weighted by Gasteiger charge is -2.03. The van der Waals surface area contributed by atoms with Crippen molar-refractivity contribution in [2.24, 2.45) is 5.92 Å². The molecule has 4 nitrogen and oxygen atoms in total. The lowest BCUT2D eigenvalue weighted by molar-refractivity contribution is -0.143. The Bertz CT molecular complexity index is 661. The van der Waals surface area contributed by atoms with E-state index in [4.69, 9.17) is 5.11 Å². The van der Waals surface area contributed by atoms with Gasteiger partial charge in [0, 0.05) is 23.8 Å². The van der Waals surface area contributed by atoms with Crippen molar-refractivity contribution in [3.63, 3.8) is 0 Å². The first-order valence-corrected chi connectivity index (χ1v) is 8.15. The first-order chi connectivity index (χ1) is 10.5. The molecule has 2 aromatic rings. The Morgan fingerprint density at radius 2 is 1.95 bits per heavy atom. The van der Waals surface area contributed by atoms with Crippen LogP contribution in [-0.2, 0) is 22.4 Å². The molecule has 0 spiro atoms. The van der Waals surface area contributed by atoms with Crippen molar-refractivity contribution in [3.8, 4) is 10.6 Å². The molecule has 116 valence electrons. The predicted molar refractivity (Wildman–Crippen MR) is 87.1 cm³/mol. The normalized spacial score (nSPS) is 12.1. The summed E-state index contributed by atoms with van der Waals surface area (Å²) >= 11 is 1.50. The number of hydrogen-bond acceptors (Lipinski definition) is 4. The quantitative estimate of drug-likeness (QED) is 0.847. The Hall–Kier alpha value is -2.01. The van der Waals surface area contributed by atoms with Crippen LogP contribution in [0.5, 0.6) is 0 Å². The van der Waals surface area contributed by atoms with Crippen molar-refractivity contribution in [2.45, 2.75) is 33.1 Å². The first-order valence-electron chi connectivity index (χ1n) is 7.27. The van der Waals surface area contributed by atoms with E-state index in [0.29, 0.717) is 5.69 Å². The van der Waals surface area contributed by atoms with Gasteiger partial charge in [-0.2, -0.15) is 0 Å². The van der Waals surface area contributed by atoms with E-state index in [1.54, 1.807) is 6.92 Å². The molecule has 0 amide bonds. The molecule has 1 heterocycles. The highest BCUT2D eigenvalue weighted by Crippen LogP contribution is 2.24. The third-order valence-electron chi connectivity index (χ3n) is 3.49. The molecule has 0 bridgehead atoms. The number of carbonyl (C=O) groups excluding carboxylic acids is 1. The number of ketones is 1. The van der Waals surface area contributed by atoms with E-state index >= 15 is 0 Å². The van der Waals surface area contributed by atoms with E-state index in [2.05, 4.69) is 24.0 Å². The SMILES string of the molecule is CCc1ccc(-c2nc(CC(=O)C[C@@H](C)C(=O)O)cs2)cc1. The third kappa shape index (κ3) is 4.24. The van der Waals surface area contributed by atoms with Crippen molar-refractivity contribution in [2.75, 3.05) is 0 Å². The number of nitrogens with zero attached hydrogens (tertiary/aromatic N) is 1. The van der Waals surface area contributed by atoms with Gasteiger partial charge in [-0.3, -0.25) is 9.59 Å². The molecule has 2 rings (SSSR count). The van der Waals surface area contributed by atoms with E-state index < -0.39 is 11.9 Å². The molecule has 0 aliphatic heterocycles. The number of aliphatic carboxylic acids is 1. The predicted octanol–water partition coefficient (Wildman–Crippen LogP) is 3.59. The fourth-order valence-electron chi connectivity index (χ4n) is 2.11. The molecule has 0 aliphatic rings. The lowest BCUT2D eigenvalue weighted by Crippen LogP contribution is -2.16. The molecule has 1 N–H and O–H groups in total. The van der Waals surface area contributed by atoms with Crippen LogP contribution in [0.15, 0.2) is 29.6 Å². The second-order valence-electron chi connectivity index (χ2n) is 5.35. The van der Waals surface area contributed by atoms with Crippen molar-refractivity contribution < 1.29 is 14.7 Å². The Morgan fingerprint density at radius 1 is 1.27 bits per heavy atom. The van der Waals surface area contributed by atoms with Crippen LogP contribution in [0, 0.1) is 5.92 Å². The smallest absolute Gasteiger partial charge is 0.306 e. The minimum Gasteiger partial charge on any atom is -0.481 e. The summed E-state index contributed by atoms with van der Waals surface area (Å²) < 4.78 is 0. The Labute approximate surface area is 133 Å². The summed E-state index contributed by atoms with van der Waals surface area (Å²) in [6, 6.07) is 8.23. The average molecular weight is 317 g/mol. The maximum Gasteiger partial charge on any atom is 0.306 e. The fraction of sp³-hybridized carbons (Fsp3) is 0.353. The first kappa shape index (κ1) is 16.4. The van der Waals surface area contributed by atoms with Crippen LogP contribution < -0.4 is 0 Å². The maximum atomic E-state index is 11.9. The van der Waals surface area contributed by atoms with Gasteiger partial charge in [0.2, 0.25) is 0 Å². The Balaban J connectivity index is 2.01. The van der Waals surface area contributed by atoms with Crippen LogP contribution in [0.4, 0.5) is 0 Å². The number of carboxylic acids is 1. The minimum atomic E-state index is -0.941. The molecule has 0 aliphatic carbocycles. The van der Waals surface area contributed by atoms with Crippen molar-refractivity contribution in [3.05, 3.63) is 40.9 Å². The summed E-state index contributed by atoms with van der Waals surface area (Å²) in [6.45, 7) is 3.65. The molecule has 0 radical (unpaired) electrons. The highest BCUT2D eigenvalue weighted by atomic mass is 32.1. The van der Waals surface area contributed by atoms with Gasteiger partial charge in [-0.25, -0.2) is 4.98 Å². The van der Waals surface area contributed by atoms with E-state index in [-0.39, 0.29) is 18.6 Å². The molecule has 0 saturated heterocycles. The maximum absolute atomic E-state index is 11.9. The van der Waals surface area contributed by atoms with E-state index in [1.165, 1.54) is 16.9 Å². The van der Waals surface area contributed by atoms with Gasteiger partial charge in [-0.1, -0.05) is 38.1 Å². The zero-order chi connectivity index (χ0) is 16.1. The number of thiazole rings is 1. The van der Waals surface area contributed by atoms with Gasteiger partial charge in [-0.05, 0) is 12.0 Å². The van der Waals surface area contributed by atoms with Gasteiger partial charge in [-0.15, -0.1) is 11.3 Å². The summed E-state index contributed by atoms with van der Waals surface area (Å²) in [5, 5.41) is 11.6. The number of benzene rings is 1. The standard InChI is InChI=1S/C17H19NO3S/c1-3-12-4-6-13(7-5-12)16-18-14(10-22-16)9-15(19)8-11(2)17(20)21/h4-7,10-11H,3,8-9H2,1-2H3,(H,20,21)/t11-/m1/s1. The van der Waals surface area contributed by atoms with Crippen molar-refractivity contribution >= 4 is 23.1 Å². The lowest BCUT2D eigenvalue weighted by atomic mass is 10.0. The highest BCUT2D eigenvalue weighted by molar-refractivity contribution is 7.13. The number of carbonyl (C=O) groups is 2. The fourth-order valence-corrected chi connectivity index (χ4v) is 2.93. The summed E-state index contributed by atoms with van der Waals surface area (Å²) in [5.74, 6) is -1.68. The number of aryl methyl sites for hydroxylation is 1. The number of aromatic nitrogens is 1. The van der Waals surface area contributed by atoms with Crippen molar-refractivity contribution in [1.29, 1.82) is 0 Å². The zero-order valence-corrected chi connectivity index (χ0v) is 13.5. The summed E-state index contributed by atoms with van der Waals surface area (Å²) in [7, 11) is 0. The largest absolute Gasteiger partial charge is 0.481 e. The third-order valence-corrected chi connectivity index (χ3v) is 4.43. The molecule has 5 heteroatoms. The van der Waals surface area contributed by atoms with Crippen LogP contribution in [0.1, 0.15) is 31.5 Å². The van der Waals surface area contributed by atoms with Gasteiger partial charge in [0.1, 0.15) is 10.8 Å². The van der Waals surface area contributed by atoms with Gasteiger partial charge >= 0.3 is 5.97 Å². The highest BCUT2D eigenvalue weighted by Gasteiger charge is 2.17. The van der Waals surface area contributed by atoms with Crippen LogP contribution in [-0.4, -0.2) is 21.8 Å². The van der Waals surface area contributed by atoms with Crippen LogP contribution in [0.2, 0.25) is 0 Å². The van der Waals surface area contributed by atoms with Gasteiger partial charge in [0.15, 0.2) is 0 Å². The molecular weight excluding hydrogens is 298 g/mol. The second kappa shape index (κ2) is 7.31. The molecule has 0 saturated carbocycles. The zero-order valence-electron chi connectivity index (χ0n) is 12.7. The molecule has 1 aromatic carbocycles. The topological polar surface area (TPSA) is 67.3 Å². The summed E-state index contributed by atoms with van der Waals surface area (Å²) in [5.41, 5.74) is 3.03. The Morgan fingerprint density at radius 3 is 2.55 bits per heavy atom. The van der Waals surface area contributed by atoms with E-state index in [1.807, 2.05) is 17.5 Å². The molecule has 0 fully saturated rings. The molecule has 0 unspecified atom stereocenters. The second-order valence-corrected chi connectivity index (χ2v) is 6.21. The average Bonchev–Trinajstić information content (AvgIpc) is 2.95. The van der Waals surface area contributed by atoms with Crippen LogP contribution >= 0.6 is 11.3 Å². The molecule has 1 aromatic heterocycles. The van der Waals surface area contributed by atoms with Crippen LogP contribution in [0.25, 0.3) is 10.6 Å². The molecular formula is C17H19NO3S. The Kier molecular flexibility index (Phi) is 5.44. The minimum absolute atomic E-state index is 0.0490. The van der Waals surface area contributed by atoms with Gasteiger partial charge < -0.3 is 5.11 Å². The number of hydrogen-bond donors (Lipinski definition) is 1.